The van der Waals surface area contributed by atoms with Gasteiger partial charge in [0.25, 0.3) is 0 Å². The van der Waals surface area contributed by atoms with Crippen LogP contribution in [0.15, 0.2) is 60.7 Å². The Bertz CT molecular complexity index is 840. The Labute approximate surface area is 145 Å². The summed E-state index contributed by atoms with van der Waals surface area (Å²) in [5.41, 5.74) is 3.98. The molecule has 0 fully saturated rings. The maximum atomic E-state index is 12.2. The molecule has 0 radical (unpaired) electrons. The van der Waals surface area contributed by atoms with Crippen molar-refractivity contribution in [1.82, 2.24) is 0 Å². The van der Waals surface area contributed by atoms with Gasteiger partial charge in [0.05, 0.1) is 12.3 Å². The van der Waals surface area contributed by atoms with Gasteiger partial charge in [-0.1, -0.05) is 48.5 Å². The molecular weight excluding hydrogens is 318 g/mol. The third kappa shape index (κ3) is 3.49. The number of carbonyl (C=O) groups excluding carboxylic acids is 1. The molecule has 3 aromatic rings. The highest BCUT2D eigenvalue weighted by Crippen LogP contribution is 2.34. The number of carbonyl (C=O) groups is 1. The average molecular weight is 337 g/mol. The van der Waals surface area contributed by atoms with Crippen LogP contribution in [0.3, 0.4) is 0 Å². The van der Waals surface area contributed by atoms with Crippen LogP contribution >= 0.6 is 11.3 Å². The van der Waals surface area contributed by atoms with Gasteiger partial charge in [-0.05, 0) is 31.5 Å². The predicted octanol–water partition coefficient (Wildman–Crippen LogP) is 5.64. The van der Waals surface area contributed by atoms with Gasteiger partial charge in [-0.25, -0.2) is 4.79 Å². The second-order valence-corrected chi connectivity index (χ2v) is 6.61. The van der Waals surface area contributed by atoms with Crippen LogP contribution in [-0.2, 0) is 4.74 Å². The molecule has 4 heteroatoms. The van der Waals surface area contributed by atoms with E-state index in [1.165, 1.54) is 11.3 Å². The number of nitrogens with one attached hydrogen (secondary N) is 1. The lowest BCUT2D eigenvalue weighted by atomic mass is 10.0. The molecule has 0 atom stereocenters. The summed E-state index contributed by atoms with van der Waals surface area (Å²) in [5, 5.41) is 3.41. The minimum Gasteiger partial charge on any atom is -0.462 e. The predicted molar refractivity (Wildman–Crippen MR) is 100 cm³/mol. The highest BCUT2D eigenvalue weighted by atomic mass is 32.1. The van der Waals surface area contributed by atoms with Crippen molar-refractivity contribution < 1.29 is 9.53 Å². The summed E-state index contributed by atoms with van der Waals surface area (Å²) in [6.45, 7) is 4.17. The van der Waals surface area contributed by atoms with Crippen molar-refractivity contribution in [2.75, 3.05) is 11.9 Å². The van der Waals surface area contributed by atoms with Gasteiger partial charge in [-0.15, -0.1) is 11.3 Å². The van der Waals surface area contributed by atoms with Gasteiger partial charge in [0.2, 0.25) is 0 Å². The second-order valence-electron chi connectivity index (χ2n) is 5.36. The zero-order valence-corrected chi connectivity index (χ0v) is 14.5. The second kappa shape index (κ2) is 7.32. The van der Waals surface area contributed by atoms with Crippen molar-refractivity contribution in [3.05, 3.63) is 70.4 Å². The Morgan fingerprint density at radius 1 is 1.04 bits per heavy atom. The van der Waals surface area contributed by atoms with Crippen LogP contribution in [0, 0.1) is 6.92 Å². The molecule has 1 N–H and O–H groups in total. The van der Waals surface area contributed by atoms with Crippen molar-refractivity contribution in [2.24, 2.45) is 0 Å². The molecule has 3 rings (SSSR count). The molecule has 1 aromatic heterocycles. The SMILES string of the molecule is CCOC(=O)c1sc(C)cc1Nc1ccccc1-c1ccccc1. The van der Waals surface area contributed by atoms with Gasteiger partial charge in [0.15, 0.2) is 0 Å². The van der Waals surface area contributed by atoms with Gasteiger partial charge in [0, 0.05) is 16.1 Å². The number of thiophene rings is 1. The monoisotopic (exact) mass is 337 g/mol. The summed E-state index contributed by atoms with van der Waals surface area (Å²) in [6, 6.07) is 20.3. The lowest BCUT2D eigenvalue weighted by Gasteiger charge is -2.12. The molecule has 0 unspecified atom stereocenters. The Hall–Kier alpha value is -2.59. The Morgan fingerprint density at radius 3 is 2.50 bits per heavy atom. The number of aryl methyl sites for hydroxylation is 1. The maximum absolute atomic E-state index is 12.2. The summed E-state index contributed by atoms with van der Waals surface area (Å²) >= 11 is 1.45. The Morgan fingerprint density at radius 2 is 1.75 bits per heavy atom. The Kier molecular flexibility index (Phi) is 4.96. The lowest BCUT2D eigenvalue weighted by Crippen LogP contribution is -2.05. The summed E-state index contributed by atoms with van der Waals surface area (Å²) in [7, 11) is 0. The fourth-order valence-electron chi connectivity index (χ4n) is 2.56. The van der Waals surface area contributed by atoms with E-state index in [9.17, 15) is 4.79 Å². The normalized spacial score (nSPS) is 10.4. The van der Waals surface area contributed by atoms with Crippen molar-refractivity contribution >= 4 is 28.7 Å². The van der Waals surface area contributed by atoms with E-state index in [0.29, 0.717) is 11.5 Å². The van der Waals surface area contributed by atoms with E-state index in [-0.39, 0.29) is 5.97 Å². The van der Waals surface area contributed by atoms with Gasteiger partial charge in [0.1, 0.15) is 4.88 Å². The molecule has 0 aliphatic carbocycles. The summed E-state index contributed by atoms with van der Waals surface area (Å²) < 4.78 is 5.17. The third-order valence-electron chi connectivity index (χ3n) is 3.60. The third-order valence-corrected chi connectivity index (χ3v) is 4.63. The fourth-order valence-corrected chi connectivity index (χ4v) is 3.42. The van der Waals surface area contributed by atoms with E-state index < -0.39 is 0 Å². The molecule has 0 spiro atoms. The zero-order chi connectivity index (χ0) is 16.9. The van der Waals surface area contributed by atoms with Crippen molar-refractivity contribution in [2.45, 2.75) is 13.8 Å². The minimum absolute atomic E-state index is 0.282. The number of esters is 1. The van der Waals surface area contributed by atoms with Crippen LogP contribution in [0.4, 0.5) is 11.4 Å². The molecule has 3 nitrogen and oxygen atoms in total. The van der Waals surface area contributed by atoms with Crippen LogP contribution < -0.4 is 5.32 Å². The van der Waals surface area contributed by atoms with Crippen LogP contribution in [-0.4, -0.2) is 12.6 Å². The molecule has 0 bridgehead atoms. The topological polar surface area (TPSA) is 38.3 Å². The molecular formula is C20H19NO2S. The lowest BCUT2D eigenvalue weighted by molar-refractivity contribution is 0.0533. The zero-order valence-electron chi connectivity index (χ0n) is 13.7. The van der Waals surface area contributed by atoms with Gasteiger partial charge in [-0.3, -0.25) is 0 Å². The minimum atomic E-state index is -0.282. The molecule has 24 heavy (non-hydrogen) atoms. The van der Waals surface area contributed by atoms with E-state index in [4.69, 9.17) is 4.74 Å². The van der Waals surface area contributed by atoms with Crippen LogP contribution in [0.2, 0.25) is 0 Å². The highest BCUT2D eigenvalue weighted by molar-refractivity contribution is 7.14. The maximum Gasteiger partial charge on any atom is 0.350 e. The molecule has 0 saturated carbocycles. The molecule has 2 aromatic carbocycles. The summed E-state index contributed by atoms with van der Waals surface area (Å²) in [4.78, 5) is 13.8. The van der Waals surface area contributed by atoms with E-state index in [2.05, 4.69) is 23.5 Å². The van der Waals surface area contributed by atoms with E-state index in [0.717, 1.165) is 27.4 Å². The standard InChI is InChI=1S/C20H19NO2S/c1-3-23-20(22)19-18(13-14(2)24-19)21-17-12-8-7-11-16(17)15-9-5-4-6-10-15/h4-13,21H,3H2,1-2H3. The quantitative estimate of drug-likeness (QED) is 0.612. The first-order chi connectivity index (χ1) is 11.7. The van der Waals surface area contributed by atoms with Crippen LogP contribution in [0.25, 0.3) is 11.1 Å². The molecule has 0 aliphatic rings. The van der Waals surface area contributed by atoms with Crippen molar-refractivity contribution in [1.29, 1.82) is 0 Å². The number of benzene rings is 2. The molecule has 0 amide bonds. The number of ether oxygens (including phenoxy) is 1. The largest absolute Gasteiger partial charge is 0.462 e. The van der Waals surface area contributed by atoms with E-state index >= 15 is 0 Å². The number of para-hydroxylation sites is 1. The van der Waals surface area contributed by atoms with Crippen molar-refractivity contribution in [3.8, 4) is 11.1 Å². The fraction of sp³-hybridized carbons (Fsp3) is 0.150. The number of anilines is 2. The van der Waals surface area contributed by atoms with E-state index in [1.807, 2.05) is 56.3 Å². The Balaban J connectivity index is 1.97. The van der Waals surface area contributed by atoms with E-state index in [1.54, 1.807) is 0 Å². The van der Waals surface area contributed by atoms with Gasteiger partial charge in [-0.2, -0.15) is 0 Å². The molecule has 0 saturated heterocycles. The summed E-state index contributed by atoms with van der Waals surface area (Å²) in [5.74, 6) is -0.282. The van der Waals surface area contributed by atoms with Gasteiger partial charge < -0.3 is 10.1 Å². The van der Waals surface area contributed by atoms with Crippen LogP contribution in [0.5, 0.6) is 0 Å². The van der Waals surface area contributed by atoms with Crippen LogP contribution in [0.1, 0.15) is 21.5 Å². The number of rotatable bonds is 5. The first-order valence-corrected chi connectivity index (χ1v) is 8.69. The molecule has 1 heterocycles. The first kappa shape index (κ1) is 16.3. The number of hydrogen-bond donors (Lipinski definition) is 1. The number of hydrogen-bond acceptors (Lipinski definition) is 4. The smallest absolute Gasteiger partial charge is 0.350 e. The average Bonchev–Trinajstić information content (AvgIpc) is 2.97. The first-order valence-electron chi connectivity index (χ1n) is 7.88. The van der Waals surface area contributed by atoms with Gasteiger partial charge >= 0.3 is 5.97 Å². The summed E-state index contributed by atoms with van der Waals surface area (Å²) in [6.07, 6.45) is 0. The van der Waals surface area contributed by atoms with Crippen molar-refractivity contribution in [3.63, 3.8) is 0 Å². The molecule has 122 valence electrons. The highest BCUT2D eigenvalue weighted by Gasteiger charge is 2.17. The molecule has 0 aliphatic heterocycles.